The molecule has 0 rings (SSSR count). The number of hydrogen-bond acceptors (Lipinski definition) is 6. The Morgan fingerprint density at radius 1 is 0.263 bits per heavy atom. The van der Waals surface area contributed by atoms with Crippen molar-refractivity contribution in [1.82, 2.24) is 0 Å². The van der Waals surface area contributed by atoms with Gasteiger partial charge in [0, 0.05) is 19.3 Å². The van der Waals surface area contributed by atoms with Crippen molar-refractivity contribution >= 4 is 17.9 Å². The van der Waals surface area contributed by atoms with Crippen LogP contribution in [0.25, 0.3) is 0 Å². The average molecular weight is 1120 g/mol. The molecule has 0 heterocycles. The van der Waals surface area contributed by atoms with Crippen LogP contribution >= 0.6 is 0 Å². The maximum Gasteiger partial charge on any atom is 0.306 e. The summed E-state index contributed by atoms with van der Waals surface area (Å²) in [7, 11) is 0. The fourth-order valence-electron chi connectivity index (χ4n) is 10.5. The van der Waals surface area contributed by atoms with Crippen molar-refractivity contribution < 1.29 is 28.6 Å². The lowest BCUT2D eigenvalue weighted by molar-refractivity contribution is -0.167. The second-order valence-electron chi connectivity index (χ2n) is 23.8. The predicted octanol–water partition coefficient (Wildman–Crippen LogP) is 24.3. The Kier molecular flexibility index (Phi) is 66.1. The monoisotopic (exact) mass is 1120 g/mol. The second kappa shape index (κ2) is 68.6. The fraction of sp³-hybridized carbons (Fsp3) is 0.824. The molecule has 0 radical (unpaired) electrons. The average Bonchev–Trinajstić information content (AvgIpc) is 3.46. The van der Waals surface area contributed by atoms with Gasteiger partial charge in [-0.1, -0.05) is 313 Å². The molecule has 0 saturated heterocycles. The standard InChI is InChI=1S/C74H134O6/c1-4-7-10-13-16-19-22-25-28-31-33-34-35-36-37-38-39-40-41-44-46-49-52-55-58-61-64-67-73(76)79-70-71(69-78-72(75)66-63-60-57-54-51-48-45-42-30-27-24-21-18-15-12-9-6-3)80-74(77)68-65-62-59-56-53-50-47-43-32-29-26-23-20-17-14-11-8-5-2/h9,12,18,21,27,29-33,71H,4-8,10-11,13-17,19-20,22-26,28,34-70H2,1-3H3/b12-9-,21-18-,30-27-,32-29-,33-31-. The van der Waals surface area contributed by atoms with Crippen molar-refractivity contribution in [2.75, 3.05) is 13.2 Å². The molecule has 0 aliphatic carbocycles. The van der Waals surface area contributed by atoms with E-state index in [-0.39, 0.29) is 31.1 Å². The lowest BCUT2D eigenvalue weighted by Gasteiger charge is -2.18. The van der Waals surface area contributed by atoms with E-state index in [0.29, 0.717) is 19.3 Å². The Morgan fingerprint density at radius 3 is 0.775 bits per heavy atom. The Hall–Kier alpha value is -2.89. The summed E-state index contributed by atoms with van der Waals surface area (Å²) in [5.74, 6) is -0.868. The molecule has 0 bridgehead atoms. The summed E-state index contributed by atoms with van der Waals surface area (Å²) in [6.45, 7) is 6.58. The maximum atomic E-state index is 12.9. The smallest absolute Gasteiger partial charge is 0.306 e. The summed E-state index contributed by atoms with van der Waals surface area (Å²) in [6.07, 6.45) is 88.2. The summed E-state index contributed by atoms with van der Waals surface area (Å²) >= 11 is 0. The van der Waals surface area contributed by atoms with Gasteiger partial charge < -0.3 is 14.2 Å². The molecule has 0 saturated carbocycles. The molecule has 0 aromatic heterocycles. The van der Waals surface area contributed by atoms with Gasteiger partial charge in [-0.3, -0.25) is 14.4 Å². The molecule has 0 aliphatic rings. The zero-order valence-corrected chi connectivity index (χ0v) is 53.6. The molecule has 6 heteroatoms. The minimum absolute atomic E-state index is 0.0761. The van der Waals surface area contributed by atoms with E-state index in [1.54, 1.807) is 0 Å². The molecule has 1 unspecified atom stereocenters. The molecule has 0 aromatic rings. The molecule has 0 fully saturated rings. The van der Waals surface area contributed by atoms with Crippen molar-refractivity contribution in [3.63, 3.8) is 0 Å². The van der Waals surface area contributed by atoms with Crippen LogP contribution in [0.3, 0.4) is 0 Å². The van der Waals surface area contributed by atoms with E-state index in [4.69, 9.17) is 14.2 Å². The normalized spacial score (nSPS) is 12.4. The third kappa shape index (κ3) is 65.9. The third-order valence-electron chi connectivity index (χ3n) is 15.7. The van der Waals surface area contributed by atoms with Crippen LogP contribution in [0.15, 0.2) is 60.8 Å². The number of carbonyl (C=O) groups excluding carboxylic acids is 3. The zero-order chi connectivity index (χ0) is 57.8. The van der Waals surface area contributed by atoms with E-state index in [1.165, 1.54) is 250 Å². The van der Waals surface area contributed by atoms with Crippen LogP contribution in [0, 0.1) is 0 Å². The van der Waals surface area contributed by atoms with Crippen molar-refractivity contribution in [3.05, 3.63) is 60.8 Å². The van der Waals surface area contributed by atoms with Crippen molar-refractivity contribution in [2.24, 2.45) is 0 Å². The van der Waals surface area contributed by atoms with Gasteiger partial charge in [0.2, 0.25) is 0 Å². The molecular formula is C74H134O6. The first-order valence-corrected chi connectivity index (χ1v) is 35.3. The number of allylic oxidation sites excluding steroid dienone is 10. The Morgan fingerprint density at radius 2 is 0.487 bits per heavy atom. The quantitative estimate of drug-likeness (QED) is 0.0261. The SMILES string of the molecule is CC/C=C\C/C=C\C/C=C\CCCCCCCCCC(=O)OCC(COC(=O)CCCCCCCCCCCCCCCCC/C=C\CCCCCCCCCC)OC(=O)CCCCCCCCC/C=C\CCCCCCCCC. The number of carbonyl (C=O) groups is 3. The van der Waals surface area contributed by atoms with Gasteiger partial charge in [0.25, 0.3) is 0 Å². The van der Waals surface area contributed by atoms with Crippen molar-refractivity contribution in [1.29, 1.82) is 0 Å². The zero-order valence-electron chi connectivity index (χ0n) is 53.6. The number of ether oxygens (including phenoxy) is 3. The highest BCUT2D eigenvalue weighted by molar-refractivity contribution is 5.71. The summed E-state index contributed by atoms with van der Waals surface area (Å²) in [5.41, 5.74) is 0. The van der Waals surface area contributed by atoms with Gasteiger partial charge in [0.1, 0.15) is 13.2 Å². The third-order valence-corrected chi connectivity index (χ3v) is 15.7. The number of esters is 3. The van der Waals surface area contributed by atoms with E-state index < -0.39 is 6.10 Å². The van der Waals surface area contributed by atoms with Gasteiger partial charge in [0.15, 0.2) is 6.10 Å². The van der Waals surface area contributed by atoms with E-state index in [0.717, 1.165) is 83.5 Å². The molecular weight excluding hydrogens is 985 g/mol. The van der Waals surface area contributed by atoms with Crippen molar-refractivity contribution in [3.8, 4) is 0 Å². The number of unbranched alkanes of at least 4 members (excludes halogenated alkanes) is 44. The summed E-state index contributed by atoms with van der Waals surface area (Å²) in [6, 6.07) is 0. The number of hydrogen-bond donors (Lipinski definition) is 0. The Bertz CT molecular complexity index is 1430. The van der Waals surface area contributed by atoms with E-state index >= 15 is 0 Å². The van der Waals surface area contributed by atoms with Gasteiger partial charge in [0.05, 0.1) is 0 Å². The summed E-state index contributed by atoms with van der Waals surface area (Å²) in [4.78, 5) is 38.4. The predicted molar refractivity (Wildman–Crippen MR) is 348 cm³/mol. The van der Waals surface area contributed by atoms with Crippen LogP contribution in [-0.4, -0.2) is 37.2 Å². The molecule has 1 atom stereocenters. The molecule has 6 nitrogen and oxygen atoms in total. The summed E-state index contributed by atoms with van der Waals surface area (Å²) in [5, 5.41) is 0. The molecule has 0 amide bonds. The lowest BCUT2D eigenvalue weighted by Crippen LogP contribution is -2.30. The van der Waals surface area contributed by atoms with E-state index in [2.05, 4.69) is 81.5 Å². The Labute approximate surface area is 498 Å². The first kappa shape index (κ1) is 77.1. The van der Waals surface area contributed by atoms with Crippen LogP contribution in [0.5, 0.6) is 0 Å². The molecule has 0 spiro atoms. The second-order valence-corrected chi connectivity index (χ2v) is 23.8. The summed E-state index contributed by atoms with van der Waals surface area (Å²) < 4.78 is 17.0. The first-order valence-electron chi connectivity index (χ1n) is 35.3. The first-order chi connectivity index (χ1) is 39.5. The molecule has 0 aromatic carbocycles. The van der Waals surface area contributed by atoms with Crippen LogP contribution < -0.4 is 0 Å². The van der Waals surface area contributed by atoms with Gasteiger partial charge in [-0.05, 0) is 103 Å². The van der Waals surface area contributed by atoms with Crippen LogP contribution in [0.1, 0.15) is 374 Å². The van der Waals surface area contributed by atoms with E-state index in [9.17, 15) is 14.4 Å². The minimum atomic E-state index is -0.782. The number of rotatable bonds is 65. The van der Waals surface area contributed by atoms with Gasteiger partial charge in [-0.25, -0.2) is 0 Å². The maximum absolute atomic E-state index is 12.9. The minimum Gasteiger partial charge on any atom is -0.462 e. The highest BCUT2D eigenvalue weighted by atomic mass is 16.6. The van der Waals surface area contributed by atoms with Gasteiger partial charge >= 0.3 is 17.9 Å². The topological polar surface area (TPSA) is 78.9 Å². The molecule has 80 heavy (non-hydrogen) atoms. The van der Waals surface area contributed by atoms with Crippen LogP contribution in [0.4, 0.5) is 0 Å². The highest BCUT2D eigenvalue weighted by Crippen LogP contribution is 2.18. The highest BCUT2D eigenvalue weighted by Gasteiger charge is 2.19. The largest absolute Gasteiger partial charge is 0.462 e. The molecule has 0 N–H and O–H groups in total. The van der Waals surface area contributed by atoms with E-state index in [1.807, 2.05) is 0 Å². The van der Waals surface area contributed by atoms with Gasteiger partial charge in [-0.2, -0.15) is 0 Å². The lowest BCUT2D eigenvalue weighted by atomic mass is 10.0. The van der Waals surface area contributed by atoms with Crippen LogP contribution in [-0.2, 0) is 28.6 Å². The Balaban J connectivity index is 4.28. The van der Waals surface area contributed by atoms with Crippen LogP contribution in [0.2, 0.25) is 0 Å². The van der Waals surface area contributed by atoms with Gasteiger partial charge in [-0.15, -0.1) is 0 Å². The fourth-order valence-corrected chi connectivity index (χ4v) is 10.5. The molecule has 466 valence electrons. The molecule has 0 aliphatic heterocycles. The van der Waals surface area contributed by atoms with Crippen molar-refractivity contribution in [2.45, 2.75) is 380 Å².